The summed E-state index contributed by atoms with van der Waals surface area (Å²) in [6, 6.07) is 11.0. The van der Waals surface area contributed by atoms with E-state index in [1.54, 1.807) is 54.4 Å². The zero-order chi connectivity index (χ0) is 29.1. The lowest BCUT2D eigenvalue weighted by Gasteiger charge is -2.42. The van der Waals surface area contributed by atoms with Crippen molar-refractivity contribution in [1.29, 1.82) is 0 Å². The van der Waals surface area contributed by atoms with Crippen LogP contribution in [0.3, 0.4) is 0 Å². The van der Waals surface area contributed by atoms with Gasteiger partial charge in [0.1, 0.15) is 23.1 Å². The van der Waals surface area contributed by atoms with Crippen molar-refractivity contribution in [2.24, 2.45) is 0 Å². The van der Waals surface area contributed by atoms with Gasteiger partial charge in [-0.3, -0.25) is 4.79 Å². The van der Waals surface area contributed by atoms with Gasteiger partial charge in [-0.15, -0.1) is 0 Å². The highest BCUT2D eigenvalue weighted by atomic mass is 16.6. The molecule has 3 aliphatic rings. The number of piperidine rings is 1. The molecule has 4 heterocycles. The van der Waals surface area contributed by atoms with Crippen LogP contribution in [0.15, 0.2) is 63.7 Å². The molecular weight excluding hydrogens is 526 g/mol. The molecule has 0 spiro atoms. The molecule has 2 unspecified atom stereocenters. The first-order chi connectivity index (χ1) is 19.6. The van der Waals surface area contributed by atoms with E-state index in [4.69, 9.17) is 9.47 Å². The summed E-state index contributed by atoms with van der Waals surface area (Å²) in [5, 5.41) is 3.30. The van der Waals surface area contributed by atoms with E-state index >= 15 is 0 Å². The molecule has 3 aromatic rings. The van der Waals surface area contributed by atoms with Gasteiger partial charge in [0.25, 0.3) is 0 Å². The number of hydrogen-bond acceptors (Lipinski definition) is 7. The van der Waals surface area contributed by atoms with Crippen LogP contribution in [0.4, 0.5) is 4.79 Å². The predicted octanol–water partition coefficient (Wildman–Crippen LogP) is 2.89. The summed E-state index contributed by atoms with van der Waals surface area (Å²) in [5.41, 5.74) is 0.641. The van der Waals surface area contributed by atoms with E-state index in [9.17, 15) is 19.2 Å². The van der Waals surface area contributed by atoms with Gasteiger partial charge >= 0.3 is 17.5 Å². The minimum atomic E-state index is -0.795. The lowest BCUT2D eigenvalue weighted by molar-refractivity contribution is 0.101. The van der Waals surface area contributed by atoms with Crippen LogP contribution in [0.1, 0.15) is 55.6 Å². The first-order valence-electron chi connectivity index (χ1n) is 13.8. The van der Waals surface area contributed by atoms with Gasteiger partial charge in [0.05, 0.1) is 12.2 Å². The van der Waals surface area contributed by atoms with E-state index in [2.05, 4.69) is 5.32 Å². The van der Waals surface area contributed by atoms with Crippen molar-refractivity contribution in [3.05, 3.63) is 86.2 Å². The number of ketones is 1. The van der Waals surface area contributed by atoms with Crippen LogP contribution in [0, 0.1) is 0 Å². The zero-order valence-corrected chi connectivity index (χ0v) is 23.5. The van der Waals surface area contributed by atoms with Gasteiger partial charge in [-0.25, -0.2) is 28.3 Å². The van der Waals surface area contributed by atoms with Crippen LogP contribution in [0.5, 0.6) is 11.5 Å². The number of aromatic nitrogens is 3. The van der Waals surface area contributed by atoms with E-state index in [0.717, 1.165) is 36.1 Å². The van der Waals surface area contributed by atoms with Crippen LogP contribution < -0.4 is 26.2 Å². The molecule has 0 radical (unpaired) electrons. The molecular formula is C30H33N5O6. The number of carbonyl (C=O) groups excluding carboxylic acids is 2. The number of carbonyl (C=O) groups is 2. The van der Waals surface area contributed by atoms with E-state index in [1.807, 2.05) is 19.9 Å². The van der Waals surface area contributed by atoms with Crippen molar-refractivity contribution in [2.75, 3.05) is 20.1 Å². The van der Waals surface area contributed by atoms with Crippen molar-refractivity contribution >= 4 is 11.9 Å². The van der Waals surface area contributed by atoms with Gasteiger partial charge in [0, 0.05) is 36.8 Å². The largest absolute Gasteiger partial charge is 0.483 e. The van der Waals surface area contributed by atoms with Crippen molar-refractivity contribution in [1.82, 2.24) is 24.1 Å². The normalized spacial score (nSPS) is 20.5. The molecule has 1 amide bonds. The Kier molecular flexibility index (Phi) is 6.49. The minimum Gasteiger partial charge on any atom is -0.483 e. The number of rotatable bonds is 4. The number of hydrogen-bond donors (Lipinski definition) is 1. The van der Waals surface area contributed by atoms with Crippen LogP contribution >= 0.6 is 0 Å². The first kappa shape index (κ1) is 26.8. The van der Waals surface area contributed by atoms with Gasteiger partial charge in [0.15, 0.2) is 5.78 Å². The number of allylic oxidation sites excluding steroid dienone is 1. The number of nitrogens with zero attached hydrogens (tertiary/aromatic N) is 4. The molecule has 6 rings (SSSR count). The molecule has 0 aliphatic carbocycles. The summed E-state index contributed by atoms with van der Waals surface area (Å²) in [6.45, 7) is 7.16. The number of Topliss-reactive ketones (excluding diaryl/α,β-unsaturated/α-hetero) is 1. The van der Waals surface area contributed by atoms with Crippen molar-refractivity contribution in [3.63, 3.8) is 0 Å². The van der Waals surface area contributed by atoms with Gasteiger partial charge in [-0.2, -0.15) is 0 Å². The van der Waals surface area contributed by atoms with Gasteiger partial charge in [-0.05, 0) is 82.1 Å². The fourth-order valence-corrected chi connectivity index (χ4v) is 5.99. The average molecular weight is 560 g/mol. The number of fused-ring (bicyclic) bond motifs is 5. The second kappa shape index (κ2) is 9.91. The maximum absolute atomic E-state index is 13.9. The fraction of sp³-hybridized carbons (Fsp3) is 0.400. The average Bonchev–Trinajstić information content (AvgIpc) is 3.22. The molecule has 2 atom stereocenters. The summed E-state index contributed by atoms with van der Waals surface area (Å²) >= 11 is 0. The summed E-state index contributed by atoms with van der Waals surface area (Å²) in [4.78, 5) is 53.6. The van der Waals surface area contributed by atoms with Gasteiger partial charge in [-0.1, -0.05) is 6.08 Å². The van der Waals surface area contributed by atoms with Crippen LogP contribution in [0.2, 0.25) is 0 Å². The quantitative estimate of drug-likeness (QED) is 0.386. The second-order valence-electron chi connectivity index (χ2n) is 11.3. The number of amides is 1. The van der Waals surface area contributed by atoms with Crippen LogP contribution in [0.25, 0.3) is 5.69 Å². The maximum atomic E-state index is 13.9. The van der Waals surface area contributed by atoms with E-state index in [-0.39, 0.29) is 18.4 Å². The molecule has 2 aromatic carbocycles. The van der Waals surface area contributed by atoms with Crippen LogP contribution in [-0.4, -0.2) is 62.5 Å². The molecule has 3 aliphatic heterocycles. The summed E-state index contributed by atoms with van der Waals surface area (Å²) in [7, 11) is 1.74. The Morgan fingerprint density at radius 1 is 1.10 bits per heavy atom. The second-order valence-corrected chi connectivity index (χ2v) is 11.3. The van der Waals surface area contributed by atoms with Gasteiger partial charge in [0.2, 0.25) is 0 Å². The third kappa shape index (κ3) is 4.50. The number of ether oxygens (including phenoxy) is 2. The van der Waals surface area contributed by atoms with Crippen molar-refractivity contribution in [2.45, 2.75) is 57.8 Å². The Hall–Kier alpha value is -4.38. The topological polar surface area (TPSA) is 117 Å². The third-order valence-corrected chi connectivity index (χ3v) is 8.27. The molecule has 0 saturated carbocycles. The Morgan fingerprint density at radius 3 is 2.54 bits per heavy atom. The van der Waals surface area contributed by atoms with Crippen molar-refractivity contribution < 1.29 is 19.1 Å². The predicted molar refractivity (Wildman–Crippen MR) is 151 cm³/mol. The molecule has 11 heteroatoms. The molecule has 1 saturated heterocycles. The van der Waals surface area contributed by atoms with E-state index in [1.165, 1.54) is 16.3 Å². The van der Waals surface area contributed by atoms with E-state index < -0.39 is 29.1 Å². The molecule has 1 N–H and O–H groups in total. The monoisotopic (exact) mass is 559 g/mol. The lowest BCUT2D eigenvalue weighted by Crippen LogP contribution is -2.47. The Balaban J connectivity index is 1.37. The zero-order valence-electron chi connectivity index (χ0n) is 23.5. The number of likely N-dealkylation sites (N-methyl/N-ethyl adjacent to an activating group) is 1. The Morgan fingerprint density at radius 2 is 1.85 bits per heavy atom. The lowest BCUT2D eigenvalue weighted by atomic mass is 9.83. The molecule has 1 fully saturated rings. The Labute approximate surface area is 236 Å². The summed E-state index contributed by atoms with van der Waals surface area (Å²) in [5.74, 6) is 0.696. The molecule has 41 heavy (non-hydrogen) atoms. The molecule has 214 valence electrons. The standard InChI is InChI=1S/C30H33N5O6/c1-18(36)19-7-9-20(10-8-19)34-27(37)33-15-13-24-26(35(33)28(34)38)23-12-11-22(16-25(23)41-30(24,2)3)40-29(39)32(4)21-6-5-14-31-17-21/h7-13,16,21,26,31H,5-6,14-15,17H2,1-4H3. The Bertz CT molecular complexity index is 1690. The molecule has 1 aromatic heterocycles. The highest BCUT2D eigenvalue weighted by molar-refractivity contribution is 5.94. The SMILES string of the molecule is CC(=O)c1ccc(-n2c(=O)n3n(c2=O)C2C(=CC3)C(C)(C)Oc3cc(OC(=O)N(C)C4CCCNC4)ccc32)cc1. The fourth-order valence-electron chi connectivity index (χ4n) is 5.99. The summed E-state index contributed by atoms with van der Waals surface area (Å²) in [6.07, 6.45) is 3.38. The highest BCUT2D eigenvalue weighted by Crippen LogP contribution is 2.47. The van der Waals surface area contributed by atoms with E-state index in [0.29, 0.717) is 28.3 Å². The van der Waals surface area contributed by atoms with Gasteiger partial charge < -0.3 is 19.7 Å². The first-order valence-corrected chi connectivity index (χ1v) is 13.8. The third-order valence-electron chi connectivity index (χ3n) is 8.27. The smallest absolute Gasteiger partial charge is 0.415 e. The summed E-state index contributed by atoms with van der Waals surface area (Å²) < 4.78 is 16.1. The number of benzene rings is 2. The molecule has 0 bridgehead atoms. The van der Waals surface area contributed by atoms with Crippen molar-refractivity contribution in [3.8, 4) is 17.2 Å². The minimum absolute atomic E-state index is 0.0605. The number of nitrogens with one attached hydrogen (secondary N) is 1. The highest BCUT2D eigenvalue weighted by Gasteiger charge is 2.44. The van der Waals surface area contributed by atoms with Crippen LogP contribution in [-0.2, 0) is 6.54 Å². The molecule has 11 nitrogen and oxygen atoms in total. The maximum Gasteiger partial charge on any atom is 0.415 e.